The number of nitrogens with zero attached hydrogens (tertiary/aromatic N) is 1. The zero-order chi connectivity index (χ0) is 11.2. The summed E-state index contributed by atoms with van der Waals surface area (Å²) < 4.78 is 0. The minimum atomic E-state index is 0.542. The molecule has 0 aliphatic carbocycles. The fraction of sp³-hybridized carbons (Fsp3) is 0. The van der Waals surface area contributed by atoms with Crippen LogP contribution in [-0.2, 0) is 0 Å². The van der Waals surface area contributed by atoms with E-state index in [0.29, 0.717) is 5.56 Å². The highest BCUT2D eigenvalue weighted by atomic mass is 16.1. The van der Waals surface area contributed by atoms with Gasteiger partial charge in [-0.3, -0.25) is 9.78 Å². The molecule has 1 aromatic carbocycles. The summed E-state index contributed by atoms with van der Waals surface area (Å²) in [6, 6.07) is 11.4. The van der Waals surface area contributed by atoms with Crippen molar-refractivity contribution >= 4 is 6.29 Å². The van der Waals surface area contributed by atoms with Crippen LogP contribution in [0.3, 0.4) is 0 Å². The van der Waals surface area contributed by atoms with Crippen molar-refractivity contribution in [1.82, 2.24) is 4.98 Å². The molecule has 2 aromatic rings. The molecule has 0 bridgehead atoms. The molecule has 0 saturated heterocycles. The predicted octanol–water partition coefficient (Wildman–Crippen LogP) is 2.29. The van der Waals surface area contributed by atoms with Crippen LogP contribution >= 0.6 is 0 Å². The smallest absolute Gasteiger partial charge is 0.151 e. The van der Waals surface area contributed by atoms with E-state index >= 15 is 0 Å². The zero-order valence-electron chi connectivity index (χ0n) is 8.55. The molecule has 0 N–H and O–H groups in total. The van der Waals surface area contributed by atoms with E-state index in [1.165, 1.54) is 6.20 Å². The molecule has 2 nitrogen and oxygen atoms in total. The van der Waals surface area contributed by atoms with Crippen molar-refractivity contribution in [3.05, 3.63) is 65.5 Å². The van der Waals surface area contributed by atoms with Gasteiger partial charge in [-0.2, -0.15) is 0 Å². The summed E-state index contributed by atoms with van der Waals surface area (Å²) in [5.74, 6) is 5.97. The number of benzene rings is 1. The molecule has 0 atom stereocenters. The molecule has 0 spiro atoms. The summed E-state index contributed by atoms with van der Waals surface area (Å²) in [6.07, 6.45) is 3.92. The Morgan fingerprint density at radius 1 is 1.00 bits per heavy atom. The monoisotopic (exact) mass is 207 g/mol. The van der Waals surface area contributed by atoms with Crippen molar-refractivity contribution in [2.24, 2.45) is 0 Å². The van der Waals surface area contributed by atoms with Gasteiger partial charge >= 0.3 is 0 Å². The molecule has 76 valence electrons. The maximum atomic E-state index is 10.5. The van der Waals surface area contributed by atoms with Crippen LogP contribution in [0.15, 0.2) is 48.8 Å². The Balaban J connectivity index is 2.27. The lowest BCUT2D eigenvalue weighted by Gasteiger charge is -1.91. The van der Waals surface area contributed by atoms with Gasteiger partial charge in [0.2, 0.25) is 0 Å². The predicted molar refractivity (Wildman–Crippen MR) is 62.0 cm³/mol. The van der Waals surface area contributed by atoms with Gasteiger partial charge in [-0.25, -0.2) is 0 Å². The minimum Gasteiger partial charge on any atom is -0.298 e. The van der Waals surface area contributed by atoms with Crippen LogP contribution in [0.4, 0.5) is 0 Å². The molecular formula is C14H9NO. The van der Waals surface area contributed by atoms with E-state index in [4.69, 9.17) is 0 Å². The van der Waals surface area contributed by atoms with Crippen LogP contribution in [0.25, 0.3) is 0 Å². The Hall–Kier alpha value is -2.40. The van der Waals surface area contributed by atoms with Crippen molar-refractivity contribution in [1.29, 1.82) is 0 Å². The Kier molecular flexibility index (Phi) is 3.10. The first-order valence-electron chi connectivity index (χ1n) is 4.86. The normalized spacial score (nSPS) is 9.00. The molecule has 1 heterocycles. The summed E-state index contributed by atoms with van der Waals surface area (Å²) >= 11 is 0. The molecule has 16 heavy (non-hydrogen) atoms. The SMILES string of the molecule is O=Cc1cncc(C#Cc2ccccc2)c1. The van der Waals surface area contributed by atoms with E-state index in [1.807, 2.05) is 30.3 Å². The molecule has 0 saturated carbocycles. The number of pyridine rings is 1. The highest BCUT2D eigenvalue weighted by Crippen LogP contribution is 2.00. The maximum Gasteiger partial charge on any atom is 0.151 e. The van der Waals surface area contributed by atoms with Crippen molar-refractivity contribution < 1.29 is 4.79 Å². The van der Waals surface area contributed by atoms with Crippen molar-refractivity contribution in [2.45, 2.75) is 0 Å². The Labute approximate surface area is 94.0 Å². The van der Waals surface area contributed by atoms with Gasteiger partial charge in [0.05, 0.1) is 0 Å². The second kappa shape index (κ2) is 4.90. The van der Waals surface area contributed by atoms with Crippen LogP contribution in [-0.4, -0.2) is 11.3 Å². The van der Waals surface area contributed by atoms with E-state index < -0.39 is 0 Å². The van der Waals surface area contributed by atoms with E-state index in [2.05, 4.69) is 16.8 Å². The first-order valence-corrected chi connectivity index (χ1v) is 4.86. The standard InChI is InChI=1S/C14H9NO/c16-11-14-8-13(9-15-10-14)7-6-12-4-2-1-3-5-12/h1-5,8-11H. The number of carbonyl (C=O) groups excluding carboxylic acids is 1. The van der Waals surface area contributed by atoms with Gasteiger partial charge in [-0.05, 0) is 18.2 Å². The van der Waals surface area contributed by atoms with Crippen LogP contribution in [0, 0.1) is 11.8 Å². The highest BCUT2D eigenvalue weighted by molar-refractivity contribution is 5.74. The first-order chi connectivity index (χ1) is 7.88. The van der Waals surface area contributed by atoms with Gasteiger partial charge in [0.15, 0.2) is 6.29 Å². The van der Waals surface area contributed by atoms with Crippen molar-refractivity contribution in [3.8, 4) is 11.8 Å². The number of hydrogen-bond donors (Lipinski definition) is 0. The molecule has 2 heteroatoms. The van der Waals surface area contributed by atoms with Crippen LogP contribution in [0.5, 0.6) is 0 Å². The fourth-order valence-corrected chi connectivity index (χ4v) is 1.26. The van der Waals surface area contributed by atoms with Gasteiger partial charge in [0, 0.05) is 29.1 Å². The quantitative estimate of drug-likeness (QED) is 0.530. The molecule has 0 aliphatic rings. The third kappa shape index (κ3) is 2.55. The average Bonchev–Trinajstić information content (AvgIpc) is 2.38. The Morgan fingerprint density at radius 2 is 1.75 bits per heavy atom. The first kappa shape index (κ1) is 10.1. The lowest BCUT2D eigenvalue weighted by atomic mass is 10.2. The van der Waals surface area contributed by atoms with Gasteiger partial charge in [-0.1, -0.05) is 30.0 Å². The number of aromatic nitrogens is 1. The van der Waals surface area contributed by atoms with Crippen LogP contribution < -0.4 is 0 Å². The third-order valence-corrected chi connectivity index (χ3v) is 2.02. The lowest BCUT2D eigenvalue weighted by molar-refractivity contribution is 0.112. The molecule has 0 aliphatic heterocycles. The number of carbonyl (C=O) groups is 1. The van der Waals surface area contributed by atoms with E-state index in [1.54, 1.807) is 12.3 Å². The molecule has 1 aromatic heterocycles. The maximum absolute atomic E-state index is 10.5. The van der Waals surface area contributed by atoms with Gasteiger partial charge in [-0.15, -0.1) is 0 Å². The Morgan fingerprint density at radius 3 is 2.50 bits per heavy atom. The summed E-state index contributed by atoms with van der Waals surface area (Å²) in [7, 11) is 0. The van der Waals surface area contributed by atoms with Gasteiger partial charge in [0.25, 0.3) is 0 Å². The highest BCUT2D eigenvalue weighted by Gasteiger charge is 1.91. The summed E-state index contributed by atoms with van der Waals surface area (Å²) in [6.45, 7) is 0. The molecular weight excluding hydrogens is 198 g/mol. The van der Waals surface area contributed by atoms with Crippen LogP contribution in [0.2, 0.25) is 0 Å². The summed E-state index contributed by atoms with van der Waals surface area (Å²) in [5.41, 5.74) is 2.23. The average molecular weight is 207 g/mol. The largest absolute Gasteiger partial charge is 0.298 e. The molecule has 0 unspecified atom stereocenters. The topological polar surface area (TPSA) is 30.0 Å². The van der Waals surface area contributed by atoms with E-state index in [-0.39, 0.29) is 0 Å². The second-order valence-corrected chi connectivity index (χ2v) is 3.24. The summed E-state index contributed by atoms with van der Waals surface area (Å²) in [4.78, 5) is 14.5. The van der Waals surface area contributed by atoms with Crippen molar-refractivity contribution in [3.63, 3.8) is 0 Å². The van der Waals surface area contributed by atoms with E-state index in [9.17, 15) is 4.79 Å². The number of hydrogen-bond acceptors (Lipinski definition) is 2. The fourth-order valence-electron chi connectivity index (χ4n) is 1.26. The van der Waals surface area contributed by atoms with Crippen molar-refractivity contribution in [2.75, 3.05) is 0 Å². The third-order valence-electron chi connectivity index (χ3n) is 2.02. The van der Waals surface area contributed by atoms with Crippen LogP contribution in [0.1, 0.15) is 21.5 Å². The lowest BCUT2D eigenvalue weighted by Crippen LogP contribution is -1.84. The second-order valence-electron chi connectivity index (χ2n) is 3.24. The zero-order valence-corrected chi connectivity index (χ0v) is 8.55. The molecule has 0 radical (unpaired) electrons. The van der Waals surface area contributed by atoms with Gasteiger partial charge < -0.3 is 0 Å². The molecule has 2 rings (SSSR count). The Bertz CT molecular complexity index is 550. The minimum absolute atomic E-state index is 0.542. The molecule has 0 fully saturated rings. The summed E-state index contributed by atoms with van der Waals surface area (Å²) in [5, 5.41) is 0. The molecule has 0 amide bonds. The number of rotatable bonds is 1. The number of aldehydes is 1. The van der Waals surface area contributed by atoms with Gasteiger partial charge in [0.1, 0.15) is 0 Å². The van der Waals surface area contributed by atoms with E-state index in [0.717, 1.165) is 17.4 Å².